The van der Waals surface area contributed by atoms with Crippen LogP contribution in [0.25, 0.3) is 0 Å². The predicted octanol–water partition coefficient (Wildman–Crippen LogP) is 1.96. The molecule has 2 aliphatic rings. The van der Waals surface area contributed by atoms with Gasteiger partial charge in [-0.25, -0.2) is 0 Å². The van der Waals surface area contributed by atoms with Crippen LogP contribution >= 0.6 is 0 Å². The summed E-state index contributed by atoms with van der Waals surface area (Å²) in [6.07, 6.45) is 5.50. The molecule has 0 radical (unpaired) electrons. The number of benzene rings is 1. The largest absolute Gasteiger partial charge is 0.354 e. The van der Waals surface area contributed by atoms with Gasteiger partial charge >= 0.3 is 0 Å². The fraction of sp³-hybridized carbons (Fsp3) is 0.579. The normalized spacial score (nSPS) is 20.7. The molecule has 2 amide bonds. The van der Waals surface area contributed by atoms with E-state index in [4.69, 9.17) is 0 Å². The second-order valence-corrected chi connectivity index (χ2v) is 6.78. The summed E-state index contributed by atoms with van der Waals surface area (Å²) in [4.78, 5) is 28.7. The molecule has 1 fully saturated rings. The number of nitrogens with one attached hydrogen (secondary N) is 1. The molecule has 0 aliphatic carbocycles. The number of amides is 2. The van der Waals surface area contributed by atoms with Crippen LogP contribution in [0.5, 0.6) is 0 Å². The van der Waals surface area contributed by atoms with Gasteiger partial charge in [-0.2, -0.15) is 0 Å². The fourth-order valence-electron chi connectivity index (χ4n) is 3.80. The van der Waals surface area contributed by atoms with Crippen molar-refractivity contribution in [2.45, 2.75) is 45.1 Å². The Bertz CT molecular complexity index is 596. The van der Waals surface area contributed by atoms with E-state index in [1.54, 1.807) is 4.90 Å². The Hall–Kier alpha value is -1.88. The Morgan fingerprint density at radius 3 is 2.67 bits per heavy atom. The Labute approximate surface area is 144 Å². The van der Waals surface area contributed by atoms with Crippen LogP contribution in [0.2, 0.25) is 0 Å². The zero-order chi connectivity index (χ0) is 16.9. The highest BCUT2D eigenvalue weighted by molar-refractivity contribution is 6.02. The first-order valence-electron chi connectivity index (χ1n) is 9.04. The van der Waals surface area contributed by atoms with Crippen LogP contribution in [0.1, 0.15) is 38.2 Å². The van der Waals surface area contributed by atoms with E-state index < -0.39 is 6.04 Å². The van der Waals surface area contributed by atoms with Gasteiger partial charge in [-0.1, -0.05) is 24.6 Å². The molecule has 1 N–H and O–H groups in total. The van der Waals surface area contributed by atoms with Gasteiger partial charge in [0.05, 0.1) is 0 Å². The molecule has 5 nitrogen and oxygen atoms in total. The SMILES string of the molecule is CC(=O)N1c2ccccc2CC1C(=O)NCCCN1CCCCC1. The smallest absolute Gasteiger partial charge is 0.243 e. The van der Waals surface area contributed by atoms with Crippen molar-refractivity contribution in [2.75, 3.05) is 31.1 Å². The Balaban J connectivity index is 1.50. The lowest BCUT2D eigenvalue weighted by Gasteiger charge is -2.26. The second-order valence-electron chi connectivity index (χ2n) is 6.78. The van der Waals surface area contributed by atoms with Crippen LogP contribution in [0.15, 0.2) is 24.3 Å². The Kier molecular flexibility index (Phi) is 5.51. The van der Waals surface area contributed by atoms with Gasteiger partial charge < -0.3 is 10.2 Å². The van der Waals surface area contributed by atoms with E-state index in [1.807, 2.05) is 24.3 Å². The van der Waals surface area contributed by atoms with Crippen molar-refractivity contribution < 1.29 is 9.59 Å². The number of piperidine rings is 1. The number of carbonyl (C=O) groups excluding carboxylic acids is 2. The van der Waals surface area contributed by atoms with Crippen molar-refractivity contribution in [1.82, 2.24) is 10.2 Å². The number of hydrogen-bond donors (Lipinski definition) is 1. The minimum absolute atomic E-state index is 0.0416. The van der Waals surface area contributed by atoms with Gasteiger partial charge in [0.2, 0.25) is 11.8 Å². The first-order valence-corrected chi connectivity index (χ1v) is 9.04. The van der Waals surface area contributed by atoms with Crippen molar-refractivity contribution >= 4 is 17.5 Å². The van der Waals surface area contributed by atoms with Gasteiger partial charge in [0, 0.05) is 25.6 Å². The topological polar surface area (TPSA) is 52.7 Å². The summed E-state index contributed by atoms with van der Waals surface area (Å²) in [6.45, 7) is 5.61. The third-order valence-corrected chi connectivity index (χ3v) is 5.02. The quantitative estimate of drug-likeness (QED) is 0.840. The molecule has 2 aliphatic heterocycles. The number of anilines is 1. The molecular formula is C19H27N3O2. The number of nitrogens with zero attached hydrogens (tertiary/aromatic N) is 2. The Morgan fingerprint density at radius 1 is 1.17 bits per heavy atom. The number of carbonyl (C=O) groups is 2. The first kappa shape index (κ1) is 17.0. The van der Waals surface area contributed by atoms with Crippen LogP contribution in [-0.2, 0) is 16.0 Å². The molecule has 0 aromatic heterocycles. The molecule has 5 heteroatoms. The summed E-state index contributed by atoms with van der Waals surface area (Å²) in [5.74, 6) is -0.117. The van der Waals surface area contributed by atoms with Crippen molar-refractivity contribution in [3.05, 3.63) is 29.8 Å². The van der Waals surface area contributed by atoms with Crippen LogP contribution in [-0.4, -0.2) is 48.9 Å². The summed E-state index contributed by atoms with van der Waals surface area (Å²) in [7, 11) is 0. The van der Waals surface area contributed by atoms with Gasteiger partial charge in [0.15, 0.2) is 0 Å². The molecule has 24 heavy (non-hydrogen) atoms. The van der Waals surface area contributed by atoms with Gasteiger partial charge in [-0.15, -0.1) is 0 Å². The monoisotopic (exact) mass is 329 g/mol. The fourth-order valence-corrected chi connectivity index (χ4v) is 3.80. The van der Waals surface area contributed by atoms with E-state index in [0.29, 0.717) is 13.0 Å². The standard InChI is InChI=1S/C19H27N3O2/c1-15(23)22-17-9-4-3-8-16(17)14-18(22)19(24)20-10-7-13-21-11-5-2-6-12-21/h3-4,8-9,18H,2,5-7,10-14H2,1H3,(H,20,24). The predicted molar refractivity (Wildman–Crippen MR) is 95.0 cm³/mol. The minimum atomic E-state index is -0.408. The average molecular weight is 329 g/mol. The number of para-hydroxylation sites is 1. The second kappa shape index (κ2) is 7.79. The van der Waals surface area contributed by atoms with Crippen LogP contribution in [0, 0.1) is 0 Å². The van der Waals surface area contributed by atoms with Crippen molar-refractivity contribution in [1.29, 1.82) is 0 Å². The molecular weight excluding hydrogens is 302 g/mol. The molecule has 0 spiro atoms. The van der Waals surface area contributed by atoms with Gasteiger partial charge in [-0.3, -0.25) is 14.5 Å². The average Bonchev–Trinajstić information content (AvgIpc) is 2.99. The first-order chi connectivity index (χ1) is 11.7. The molecule has 0 saturated carbocycles. The molecule has 1 atom stereocenters. The summed E-state index contributed by atoms with van der Waals surface area (Å²) in [5, 5.41) is 3.02. The molecule has 0 bridgehead atoms. The number of hydrogen-bond acceptors (Lipinski definition) is 3. The van der Waals surface area contributed by atoms with E-state index in [2.05, 4.69) is 10.2 Å². The van der Waals surface area contributed by atoms with Crippen LogP contribution in [0.3, 0.4) is 0 Å². The van der Waals surface area contributed by atoms with Crippen molar-refractivity contribution in [3.8, 4) is 0 Å². The third kappa shape index (κ3) is 3.78. The molecule has 130 valence electrons. The number of fused-ring (bicyclic) bond motifs is 1. The van der Waals surface area contributed by atoms with E-state index in [0.717, 1.165) is 24.2 Å². The molecule has 1 unspecified atom stereocenters. The molecule has 1 saturated heterocycles. The summed E-state index contributed by atoms with van der Waals surface area (Å²) >= 11 is 0. The van der Waals surface area contributed by atoms with Crippen LogP contribution < -0.4 is 10.2 Å². The highest BCUT2D eigenvalue weighted by Gasteiger charge is 2.36. The number of likely N-dealkylation sites (tertiary alicyclic amines) is 1. The molecule has 1 aromatic carbocycles. The van der Waals surface area contributed by atoms with Gasteiger partial charge in [-0.05, 0) is 50.5 Å². The van der Waals surface area contributed by atoms with Crippen LogP contribution in [0.4, 0.5) is 5.69 Å². The zero-order valence-corrected chi connectivity index (χ0v) is 14.5. The lowest BCUT2D eigenvalue weighted by Crippen LogP contribution is -2.47. The summed E-state index contributed by atoms with van der Waals surface area (Å²) in [5.41, 5.74) is 1.94. The third-order valence-electron chi connectivity index (χ3n) is 5.02. The maximum Gasteiger partial charge on any atom is 0.243 e. The molecule has 1 aromatic rings. The highest BCUT2D eigenvalue weighted by Crippen LogP contribution is 2.32. The van der Waals surface area contributed by atoms with E-state index in [9.17, 15) is 9.59 Å². The van der Waals surface area contributed by atoms with Gasteiger partial charge in [0.1, 0.15) is 6.04 Å². The summed E-state index contributed by atoms with van der Waals surface area (Å²) < 4.78 is 0. The van der Waals surface area contributed by atoms with Crippen molar-refractivity contribution in [2.24, 2.45) is 0 Å². The zero-order valence-electron chi connectivity index (χ0n) is 14.5. The van der Waals surface area contributed by atoms with E-state index >= 15 is 0 Å². The lowest BCUT2D eigenvalue weighted by molar-refractivity contribution is -0.125. The Morgan fingerprint density at radius 2 is 1.92 bits per heavy atom. The maximum atomic E-state index is 12.6. The summed E-state index contributed by atoms with van der Waals surface area (Å²) in [6, 6.07) is 7.37. The highest BCUT2D eigenvalue weighted by atomic mass is 16.2. The maximum absolute atomic E-state index is 12.6. The van der Waals surface area contributed by atoms with Crippen molar-refractivity contribution in [3.63, 3.8) is 0 Å². The number of rotatable bonds is 5. The van der Waals surface area contributed by atoms with E-state index in [1.165, 1.54) is 39.3 Å². The van der Waals surface area contributed by atoms with Gasteiger partial charge in [0.25, 0.3) is 0 Å². The molecule has 2 heterocycles. The minimum Gasteiger partial charge on any atom is -0.354 e. The lowest BCUT2D eigenvalue weighted by atomic mass is 10.1. The molecule has 3 rings (SSSR count). The van der Waals surface area contributed by atoms with E-state index in [-0.39, 0.29) is 11.8 Å².